The molecule has 0 N–H and O–H groups in total. The fourth-order valence-corrected chi connectivity index (χ4v) is 1.85. The molecule has 0 radical (unpaired) electrons. The lowest BCUT2D eigenvalue weighted by Gasteiger charge is -2.09. The predicted octanol–water partition coefficient (Wildman–Crippen LogP) is 1.29. The number of hydrogen-bond acceptors (Lipinski definition) is 3. The van der Waals surface area contributed by atoms with Gasteiger partial charge in [0.25, 0.3) is 0 Å². The Hall–Kier alpha value is -2.14. The fraction of sp³-hybridized carbons (Fsp3) is 0.286. The number of ether oxygens (including phenoxy) is 1. The van der Waals surface area contributed by atoms with Gasteiger partial charge in [-0.05, 0) is 26.0 Å². The molecule has 0 aliphatic rings. The molecule has 0 amide bonds. The molecule has 2 aromatic heterocycles. The van der Waals surface area contributed by atoms with Crippen molar-refractivity contribution in [2.24, 2.45) is 0 Å². The van der Waals surface area contributed by atoms with Crippen molar-refractivity contribution < 1.29 is 14.2 Å². The molecule has 100 valence electrons. The molecule has 0 saturated heterocycles. The van der Waals surface area contributed by atoms with Crippen LogP contribution in [-0.4, -0.2) is 0 Å². The molecule has 2 rings (SSSR count). The molecule has 0 atom stereocenters. The van der Waals surface area contributed by atoms with Crippen LogP contribution < -0.4 is 9.46 Å². The van der Waals surface area contributed by atoms with E-state index < -0.39 is 0 Å². The van der Waals surface area contributed by atoms with E-state index in [1.54, 1.807) is 12.1 Å². The molecule has 0 unspecified atom stereocenters. The molecule has 19 heavy (non-hydrogen) atoms. The lowest BCUT2D eigenvalue weighted by Crippen LogP contribution is -2.34. The van der Waals surface area contributed by atoms with Crippen molar-refractivity contribution in [3.8, 4) is 0 Å². The summed E-state index contributed by atoms with van der Waals surface area (Å²) < 4.78 is 7.07. The standard InChI is InChI=1S/C14H16N2O3/c1-11-5-3-7-15(17)13(11)9-19-10-14-12(2)6-4-8-16(14)18/h3-8H,9-10H2,1-2H3. The Bertz CT molecular complexity index is 493. The molecule has 0 aliphatic carbocycles. The highest BCUT2D eigenvalue weighted by atomic mass is 16.5. The van der Waals surface area contributed by atoms with Crippen molar-refractivity contribution in [2.75, 3.05) is 0 Å². The van der Waals surface area contributed by atoms with E-state index in [0.717, 1.165) is 20.6 Å². The van der Waals surface area contributed by atoms with Crippen LogP contribution in [0.1, 0.15) is 22.5 Å². The number of rotatable bonds is 4. The van der Waals surface area contributed by atoms with Crippen LogP contribution in [0.4, 0.5) is 0 Å². The molecule has 0 spiro atoms. The smallest absolute Gasteiger partial charge is 0.221 e. The average molecular weight is 260 g/mol. The van der Waals surface area contributed by atoms with E-state index in [1.165, 1.54) is 12.4 Å². The van der Waals surface area contributed by atoms with Gasteiger partial charge in [0.05, 0.1) is 0 Å². The Kier molecular flexibility index (Phi) is 3.97. The number of hydrogen-bond donors (Lipinski definition) is 0. The lowest BCUT2D eigenvalue weighted by molar-refractivity contribution is -0.621. The first kappa shape index (κ1) is 13.3. The highest BCUT2D eigenvalue weighted by Crippen LogP contribution is 2.07. The van der Waals surface area contributed by atoms with Gasteiger partial charge in [0.1, 0.15) is 13.2 Å². The van der Waals surface area contributed by atoms with Crippen LogP contribution in [0, 0.1) is 24.3 Å². The maximum Gasteiger partial charge on any atom is 0.221 e. The topological polar surface area (TPSA) is 63.1 Å². The fourth-order valence-electron chi connectivity index (χ4n) is 1.85. The second-order valence-electron chi connectivity index (χ2n) is 4.42. The molecule has 0 aromatic carbocycles. The summed E-state index contributed by atoms with van der Waals surface area (Å²) in [7, 11) is 0. The normalized spacial score (nSPS) is 10.6. The SMILES string of the molecule is Cc1ccc[n+]([O-])c1COCc1c(C)ccc[n+]1[O-]. The van der Waals surface area contributed by atoms with E-state index >= 15 is 0 Å². The minimum atomic E-state index is 0.185. The Morgan fingerprint density at radius 3 is 1.68 bits per heavy atom. The largest absolute Gasteiger partial charge is 0.618 e. The Morgan fingerprint density at radius 1 is 0.895 bits per heavy atom. The van der Waals surface area contributed by atoms with Gasteiger partial charge in [-0.3, -0.25) is 0 Å². The highest BCUT2D eigenvalue weighted by molar-refractivity contribution is 5.14. The Balaban J connectivity index is 2.05. The number of pyridine rings is 2. The average Bonchev–Trinajstić information content (AvgIpc) is 2.36. The second kappa shape index (κ2) is 5.67. The molecule has 5 nitrogen and oxygen atoms in total. The van der Waals surface area contributed by atoms with E-state index in [-0.39, 0.29) is 13.2 Å². The first-order valence-electron chi connectivity index (χ1n) is 6.02. The van der Waals surface area contributed by atoms with Crippen LogP contribution in [0.25, 0.3) is 0 Å². The van der Waals surface area contributed by atoms with Crippen LogP contribution >= 0.6 is 0 Å². The summed E-state index contributed by atoms with van der Waals surface area (Å²) in [5.74, 6) is 0. The minimum absolute atomic E-state index is 0.185. The van der Waals surface area contributed by atoms with E-state index in [4.69, 9.17) is 4.74 Å². The molecule has 0 saturated carbocycles. The number of aromatic nitrogens is 2. The van der Waals surface area contributed by atoms with Crippen molar-refractivity contribution >= 4 is 0 Å². The highest BCUT2D eigenvalue weighted by Gasteiger charge is 2.12. The van der Waals surface area contributed by atoms with Crippen molar-refractivity contribution in [3.05, 3.63) is 69.6 Å². The lowest BCUT2D eigenvalue weighted by atomic mass is 10.2. The molecule has 0 fully saturated rings. The van der Waals surface area contributed by atoms with Gasteiger partial charge in [-0.1, -0.05) is 0 Å². The maximum atomic E-state index is 11.6. The van der Waals surface area contributed by atoms with Crippen LogP contribution in [0.2, 0.25) is 0 Å². The zero-order chi connectivity index (χ0) is 13.8. The van der Waals surface area contributed by atoms with Crippen LogP contribution in [0.3, 0.4) is 0 Å². The predicted molar refractivity (Wildman–Crippen MR) is 68.8 cm³/mol. The molecular weight excluding hydrogens is 244 g/mol. The summed E-state index contributed by atoms with van der Waals surface area (Å²) in [6.45, 7) is 4.08. The van der Waals surface area contributed by atoms with Gasteiger partial charge >= 0.3 is 0 Å². The molecule has 0 aliphatic heterocycles. The summed E-state index contributed by atoms with van der Waals surface area (Å²) in [6, 6.07) is 7.10. The molecule has 0 bridgehead atoms. The Morgan fingerprint density at radius 2 is 1.32 bits per heavy atom. The van der Waals surface area contributed by atoms with E-state index in [9.17, 15) is 10.4 Å². The minimum Gasteiger partial charge on any atom is -0.618 e. The second-order valence-corrected chi connectivity index (χ2v) is 4.42. The van der Waals surface area contributed by atoms with Gasteiger partial charge in [0.2, 0.25) is 11.4 Å². The first-order chi connectivity index (χ1) is 9.09. The first-order valence-corrected chi connectivity index (χ1v) is 6.02. The monoisotopic (exact) mass is 260 g/mol. The van der Waals surface area contributed by atoms with Crippen LogP contribution in [0.5, 0.6) is 0 Å². The third kappa shape index (κ3) is 3.00. The van der Waals surface area contributed by atoms with Crippen molar-refractivity contribution in [3.63, 3.8) is 0 Å². The van der Waals surface area contributed by atoms with Crippen molar-refractivity contribution in [1.82, 2.24) is 0 Å². The molecular formula is C14H16N2O3. The summed E-state index contributed by atoms with van der Waals surface area (Å²) in [5, 5.41) is 23.2. The molecule has 2 aromatic rings. The van der Waals surface area contributed by atoms with E-state index in [0.29, 0.717) is 11.4 Å². The van der Waals surface area contributed by atoms with Gasteiger partial charge < -0.3 is 15.2 Å². The maximum absolute atomic E-state index is 11.6. The molecule has 5 heteroatoms. The number of aryl methyl sites for hydroxylation is 2. The third-order valence-electron chi connectivity index (χ3n) is 3.06. The van der Waals surface area contributed by atoms with Crippen molar-refractivity contribution in [2.45, 2.75) is 27.1 Å². The summed E-state index contributed by atoms with van der Waals surface area (Å²) in [5.41, 5.74) is 2.87. The number of nitrogens with zero attached hydrogens (tertiary/aromatic N) is 2. The zero-order valence-corrected chi connectivity index (χ0v) is 11.0. The zero-order valence-electron chi connectivity index (χ0n) is 11.0. The summed E-state index contributed by atoms with van der Waals surface area (Å²) in [6.07, 6.45) is 2.88. The van der Waals surface area contributed by atoms with Gasteiger partial charge in [-0.2, -0.15) is 9.46 Å². The van der Waals surface area contributed by atoms with Gasteiger partial charge in [0.15, 0.2) is 12.4 Å². The van der Waals surface area contributed by atoms with Crippen molar-refractivity contribution in [1.29, 1.82) is 0 Å². The Labute approximate surface area is 111 Å². The molecule has 2 heterocycles. The summed E-state index contributed by atoms with van der Waals surface area (Å²) >= 11 is 0. The van der Waals surface area contributed by atoms with Crippen LogP contribution in [0.15, 0.2) is 36.7 Å². The van der Waals surface area contributed by atoms with Crippen LogP contribution in [-0.2, 0) is 18.0 Å². The quantitative estimate of drug-likeness (QED) is 0.614. The van der Waals surface area contributed by atoms with Gasteiger partial charge in [-0.25, -0.2) is 0 Å². The van der Waals surface area contributed by atoms with E-state index in [2.05, 4.69) is 0 Å². The van der Waals surface area contributed by atoms with E-state index in [1.807, 2.05) is 26.0 Å². The van der Waals surface area contributed by atoms with Gasteiger partial charge in [0, 0.05) is 23.3 Å². The third-order valence-corrected chi connectivity index (χ3v) is 3.06. The van der Waals surface area contributed by atoms with Gasteiger partial charge in [-0.15, -0.1) is 0 Å². The summed E-state index contributed by atoms with van der Waals surface area (Å²) in [4.78, 5) is 0.